The lowest BCUT2D eigenvalue weighted by molar-refractivity contribution is 0.528. The van der Waals surface area contributed by atoms with Crippen molar-refractivity contribution in [3.8, 4) is 0 Å². The van der Waals surface area contributed by atoms with E-state index in [0.29, 0.717) is 16.9 Å². The van der Waals surface area contributed by atoms with Crippen molar-refractivity contribution in [3.63, 3.8) is 0 Å². The van der Waals surface area contributed by atoms with Gasteiger partial charge < -0.3 is 4.57 Å². The first-order chi connectivity index (χ1) is 9.69. The quantitative estimate of drug-likeness (QED) is 0.514. The highest BCUT2D eigenvalue weighted by Gasteiger charge is 2.16. The summed E-state index contributed by atoms with van der Waals surface area (Å²) in [5, 5.41) is 0.715. The molecule has 0 saturated heterocycles. The molecule has 0 aliphatic carbocycles. The van der Waals surface area contributed by atoms with Gasteiger partial charge in [-0.2, -0.15) is 11.8 Å². The van der Waals surface area contributed by atoms with Gasteiger partial charge in [0.05, 0.1) is 10.5 Å². The fraction of sp³-hybridized carbons (Fsp3) is 0.533. The van der Waals surface area contributed by atoms with E-state index in [1.807, 2.05) is 23.9 Å². The Balaban J connectivity index is 2.37. The number of alkyl halides is 1. The smallest absolute Gasteiger partial charge is 0.111 e. The Labute approximate surface area is 134 Å². The maximum atomic E-state index is 6.26. The molecule has 110 valence electrons. The summed E-state index contributed by atoms with van der Waals surface area (Å²) >= 11 is 14.2. The minimum atomic E-state index is 0.413. The number of hydrogen-bond donors (Lipinski definition) is 0. The maximum Gasteiger partial charge on any atom is 0.111 e. The molecule has 1 aromatic heterocycles. The van der Waals surface area contributed by atoms with Gasteiger partial charge in [0.25, 0.3) is 0 Å². The van der Waals surface area contributed by atoms with Crippen molar-refractivity contribution < 1.29 is 0 Å². The van der Waals surface area contributed by atoms with E-state index in [9.17, 15) is 0 Å². The number of para-hydroxylation sites is 1. The molecule has 0 spiro atoms. The van der Waals surface area contributed by atoms with Gasteiger partial charge in [0.1, 0.15) is 11.3 Å². The Kier molecular flexibility index (Phi) is 6.06. The molecular weight excluding hydrogens is 311 g/mol. The lowest BCUT2D eigenvalue weighted by Crippen LogP contribution is -2.11. The topological polar surface area (TPSA) is 17.8 Å². The molecule has 5 heteroatoms. The minimum absolute atomic E-state index is 0.413. The molecule has 2 aromatic rings. The molecule has 0 aliphatic heterocycles. The standard InChI is InChI=1S/C15H20Cl2N2S/c1-3-20-10-8-11(2)19-13-6-4-5-12(17)15(13)18-14(19)7-9-16/h4-6,11H,3,7-10H2,1-2H3. The van der Waals surface area contributed by atoms with E-state index in [-0.39, 0.29) is 0 Å². The number of thioether (sulfide) groups is 1. The Morgan fingerprint density at radius 1 is 1.40 bits per heavy atom. The number of benzene rings is 1. The first kappa shape index (κ1) is 16.0. The van der Waals surface area contributed by atoms with Gasteiger partial charge >= 0.3 is 0 Å². The lowest BCUT2D eigenvalue weighted by atomic mass is 10.2. The Bertz CT molecular complexity index is 568. The molecule has 0 radical (unpaired) electrons. The highest BCUT2D eigenvalue weighted by atomic mass is 35.5. The monoisotopic (exact) mass is 330 g/mol. The van der Waals surface area contributed by atoms with Crippen LogP contribution in [0.15, 0.2) is 18.2 Å². The molecule has 0 amide bonds. The molecule has 0 N–H and O–H groups in total. The molecule has 2 nitrogen and oxygen atoms in total. The van der Waals surface area contributed by atoms with Crippen LogP contribution in [0.1, 0.15) is 32.1 Å². The average Bonchev–Trinajstić information content (AvgIpc) is 2.79. The number of nitrogens with zero attached hydrogens (tertiary/aromatic N) is 2. The van der Waals surface area contributed by atoms with Gasteiger partial charge in [0.2, 0.25) is 0 Å². The predicted molar refractivity (Wildman–Crippen MR) is 91.5 cm³/mol. The number of hydrogen-bond acceptors (Lipinski definition) is 2. The van der Waals surface area contributed by atoms with Gasteiger partial charge in [-0.25, -0.2) is 4.98 Å². The fourth-order valence-electron chi connectivity index (χ4n) is 2.41. The number of aryl methyl sites for hydroxylation is 1. The molecule has 1 heterocycles. The second kappa shape index (κ2) is 7.58. The van der Waals surface area contributed by atoms with Crippen molar-refractivity contribution in [2.75, 3.05) is 17.4 Å². The van der Waals surface area contributed by atoms with Crippen LogP contribution < -0.4 is 0 Å². The number of rotatable bonds is 7. The molecule has 1 unspecified atom stereocenters. The normalized spacial score (nSPS) is 13.0. The number of imidazole rings is 1. The summed E-state index contributed by atoms with van der Waals surface area (Å²) in [6.07, 6.45) is 1.91. The molecule has 0 saturated carbocycles. The summed E-state index contributed by atoms with van der Waals surface area (Å²) in [5.41, 5.74) is 2.01. The van der Waals surface area contributed by atoms with Crippen molar-refractivity contribution >= 4 is 46.0 Å². The highest BCUT2D eigenvalue weighted by molar-refractivity contribution is 7.99. The Morgan fingerprint density at radius 2 is 2.20 bits per heavy atom. The molecule has 0 aliphatic rings. The first-order valence-corrected chi connectivity index (χ1v) is 9.04. The van der Waals surface area contributed by atoms with Crippen molar-refractivity contribution in [3.05, 3.63) is 29.0 Å². The van der Waals surface area contributed by atoms with Crippen molar-refractivity contribution in [2.45, 2.75) is 32.7 Å². The molecule has 20 heavy (non-hydrogen) atoms. The van der Waals surface area contributed by atoms with E-state index in [2.05, 4.69) is 24.5 Å². The van der Waals surface area contributed by atoms with Gasteiger partial charge in [-0.1, -0.05) is 24.6 Å². The molecule has 2 rings (SSSR count). The second-order valence-electron chi connectivity index (χ2n) is 4.78. The number of aromatic nitrogens is 2. The minimum Gasteiger partial charge on any atom is -0.325 e. The third-order valence-electron chi connectivity index (χ3n) is 3.39. The Hall–Kier alpha value is -0.380. The molecule has 1 atom stereocenters. The van der Waals surface area contributed by atoms with Gasteiger partial charge in [0, 0.05) is 18.3 Å². The van der Waals surface area contributed by atoms with E-state index < -0.39 is 0 Å². The van der Waals surface area contributed by atoms with Crippen molar-refractivity contribution in [2.24, 2.45) is 0 Å². The second-order valence-corrected chi connectivity index (χ2v) is 6.96. The number of halogens is 2. The molecule has 0 bridgehead atoms. The highest BCUT2D eigenvalue weighted by Crippen LogP contribution is 2.28. The third-order valence-corrected chi connectivity index (χ3v) is 4.81. The fourth-order valence-corrected chi connectivity index (χ4v) is 3.59. The van der Waals surface area contributed by atoms with Crippen LogP contribution in [0.25, 0.3) is 11.0 Å². The van der Waals surface area contributed by atoms with E-state index >= 15 is 0 Å². The van der Waals surface area contributed by atoms with E-state index in [1.165, 1.54) is 0 Å². The van der Waals surface area contributed by atoms with Crippen LogP contribution in [0.2, 0.25) is 5.02 Å². The van der Waals surface area contributed by atoms with Gasteiger partial charge in [0.15, 0.2) is 0 Å². The van der Waals surface area contributed by atoms with Crippen LogP contribution >= 0.6 is 35.0 Å². The first-order valence-electron chi connectivity index (χ1n) is 6.98. The van der Waals surface area contributed by atoms with E-state index in [0.717, 1.165) is 41.2 Å². The molecular formula is C15H20Cl2N2S. The van der Waals surface area contributed by atoms with E-state index in [1.54, 1.807) is 0 Å². The predicted octanol–water partition coefficient (Wildman–Crippen LogP) is 5.18. The zero-order valence-corrected chi connectivity index (χ0v) is 14.2. The van der Waals surface area contributed by atoms with Crippen molar-refractivity contribution in [1.82, 2.24) is 9.55 Å². The van der Waals surface area contributed by atoms with Gasteiger partial charge in [-0.15, -0.1) is 11.6 Å². The Morgan fingerprint density at radius 3 is 2.90 bits per heavy atom. The summed E-state index contributed by atoms with van der Waals surface area (Å²) in [7, 11) is 0. The van der Waals surface area contributed by atoms with Crippen LogP contribution in [-0.2, 0) is 6.42 Å². The van der Waals surface area contributed by atoms with Crippen LogP contribution in [0.3, 0.4) is 0 Å². The maximum absolute atomic E-state index is 6.26. The zero-order valence-electron chi connectivity index (χ0n) is 11.9. The molecule has 1 aromatic carbocycles. The van der Waals surface area contributed by atoms with Gasteiger partial charge in [-0.3, -0.25) is 0 Å². The lowest BCUT2D eigenvalue weighted by Gasteiger charge is -2.17. The van der Waals surface area contributed by atoms with E-state index in [4.69, 9.17) is 28.2 Å². The summed E-state index contributed by atoms with van der Waals surface area (Å²) in [5.74, 6) is 3.95. The zero-order chi connectivity index (χ0) is 14.5. The third kappa shape index (κ3) is 3.44. The largest absolute Gasteiger partial charge is 0.325 e. The average molecular weight is 331 g/mol. The van der Waals surface area contributed by atoms with Crippen LogP contribution in [0, 0.1) is 0 Å². The van der Waals surface area contributed by atoms with Crippen molar-refractivity contribution in [1.29, 1.82) is 0 Å². The summed E-state index contributed by atoms with van der Waals surface area (Å²) in [4.78, 5) is 4.69. The SMILES string of the molecule is CCSCCC(C)n1c(CCCl)nc2c(Cl)cccc21. The summed E-state index contributed by atoms with van der Waals surface area (Å²) in [6.45, 7) is 4.44. The van der Waals surface area contributed by atoms with Gasteiger partial charge in [-0.05, 0) is 37.0 Å². The summed E-state index contributed by atoms with van der Waals surface area (Å²) < 4.78 is 2.31. The number of fused-ring (bicyclic) bond motifs is 1. The van der Waals surface area contributed by atoms with Crippen LogP contribution in [-0.4, -0.2) is 26.9 Å². The van der Waals surface area contributed by atoms with Crippen LogP contribution in [0.5, 0.6) is 0 Å². The molecule has 0 fully saturated rings. The van der Waals surface area contributed by atoms with Crippen LogP contribution in [0.4, 0.5) is 0 Å². The summed E-state index contributed by atoms with van der Waals surface area (Å²) in [6, 6.07) is 6.38.